The minimum absolute atomic E-state index is 0.463. The van der Waals surface area contributed by atoms with E-state index in [2.05, 4.69) is 26.1 Å². The van der Waals surface area contributed by atoms with Gasteiger partial charge in [0.1, 0.15) is 18.1 Å². The first-order valence-electron chi connectivity index (χ1n) is 6.62. The van der Waals surface area contributed by atoms with Crippen LogP contribution in [0.4, 0.5) is 0 Å². The maximum Gasteiger partial charge on any atom is 0.146 e. The molecule has 0 aliphatic heterocycles. The van der Waals surface area contributed by atoms with Crippen LogP contribution in [-0.4, -0.2) is 6.04 Å². The molecule has 1 N–H and O–H groups in total. The Hall–Kier alpha value is -1.74. The van der Waals surface area contributed by atoms with Crippen molar-refractivity contribution in [3.8, 4) is 5.75 Å². The van der Waals surface area contributed by atoms with Gasteiger partial charge in [-0.05, 0) is 25.1 Å². The summed E-state index contributed by atoms with van der Waals surface area (Å²) in [6.45, 7) is 7.60. The molecule has 0 bridgehead atoms. The zero-order valence-corrected chi connectivity index (χ0v) is 11.8. The molecule has 2 aromatic rings. The molecule has 0 aliphatic carbocycles. The third-order valence-corrected chi connectivity index (χ3v) is 2.82. The Balaban J connectivity index is 1.84. The molecular weight excluding hydrogens is 238 g/mol. The fraction of sp³-hybridized carbons (Fsp3) is 0.375. The number of benzene rings is 1. The minimum atomic E-state index is 0.463. The molecule has 0 spiro atoms. The lowest BCUT2D eigenvalue weighted by Crippen LogP contribution is -2.21. The van der Waals surface area contributed by atoms with E-state index in [1.807, 2.05) is 30.3 Å². The second kappa shape index (κ2) is 6.43. The van der Waals surface area contributed by atoms with Crippen molar-refractivity contribution in [2.24, 2.45) is 0 Å². The monoisotopic (exact) mass is 259 g/mol. The number of ether oxygens (including phenoxy) is 1. The van der Waals surface area contributed by atoms with Crippen LogP contribution in [-0.2, 0) is 13.2 Å². The summed E-state index contributed by atoms with van der Waals surface area (Å²) in [4.78, 5) is 0. The van der Waals surface area contributed by atoms with Crippen LogP contribution in [0.25, 0.3) is 0 Å². The summed E-state index contributed by atoms with van der Waals surface area (Å²) in [7, 11) is 0. The van der Waals surface area contributed by atoms with Crippen molar-refractivity contribution in [3.63, 3.8) is 0 Å². The normalized spacial score (nSPS) is 10.9. The number of rotatable bonds is 6. The quantitative estimate of drug-likeness (QED) is 0.859. The molecule has 0 fully saturated rings. The third kappa shape index (κ3) is 4.45. The molecule has 1 aromatic carbocycles. The van der Waals surface area contributed by atoms with E-state index in [4.69, 9.17) is 9.15 Å². The summed E-state index contributed by atoms with van der Waals surface area (Å²) < 4.78 is 11.1. The van der Waals surface area contributed by atoms with E-state index in [0.29, 0.717) is 12.6 Å². The van der Waals surface area contributed by atoms with E-state index in [9.17, 15) is 0 Å². The summed E-state index contributed by atoms with van der Waals surface area (Å²) in [6.07, 6.45) is 1.78. The largest absolute Gasteiger partial charge is 0.486 e. The molecule has 0 aliphatic rings. The fourth-order valence-corrected chi connectivity index (χ4v) is 1.71. The topological polar surface area (TPSA) is 34.4 Å². The van der Waals surface area contributed by atoms with Crippen LogP contribution in [0.2, 0.25) is 0 Å². The number of nitrogens with one attached hydrogen (secondary N) is 1. The smallest absolute Gasteiger partial charge is 0.146 e. The molecule has 1 aromatic heterocycles. The molecule has 19 heavy (non-hydrogen) atoms. The van der Waals surface area contributed by atoms with E-state index >= 15 is 0 Å². The second-order valence-corrected chi connectivity index (χ2v) is 5.06. The lowest BCUT2D eigenvalue weighted by atomic mass is 10.2. The zero-order chi connectivity index (χ0) is 13.7. The lowest BCUT2D eigenvalue weighted by molar-refractivity contribution is 0.270. The van der Waals surface area contributed by atoms with Gasteiger partial charge in [0.15, 0.2) is 0 Å². The van der Waals surface area contributed by atoms with Crippen LogP contribution in [0.5, 0.6) is 5.75 Å². The number of hydrogen-bond acceptors (Lipinski definition) is 3. The predicted octanol–water partition coefficient (Wildman–Crippen LogP) is 3.67. The van der Waals surface area contributed by atoms with Crippen molar-refractivity contribution in [1.29, 1.82) is 0 Å². The van der Waals surface area contributed by atoms with Crippen molar-refractivity contribution in [1.82, 2.24) is 5.32 Å². The van der Waals surface area contributed by atoms with Crippen molar-refractivity contribution in [2.45, 2.75) is 40.0 Å². The molecule has 0 atom stereocenters. The Morgan fingerprint density at radius 3 is 2.63 bits per heavy atom. The highest BCUT2D eigenvalue weighted by atomic mass is 16.5. The van der Waals surface area contributed by atoms with Crippen molar-refractivity contribution < 1.29 is 9.15 Å². The van der Waals surface area contributed by atoms with Crippen molar-refractivity contribution in [2.75, 3.05) is 0 Å². The molecule has 102 valence electrons. The van der Waals surface area contributed by atoms with Crippen molar-refractivity contribution in [3.05, 3.63) is 53.5 Å². The Morgan fingerprint density at radius 2 is 1.95 bits per heavy atom. The average molecular weight is 259 g/mol. The van der Waals surface area contributed by atoms with E-state index in [1.165, 1.54) is 5.56 Å². The lowest BCUT2D eigenvalue weighted by Gasteiger charge is -2.05. The Morgan fingerprint density at radius 1 is 1.21 bits per heavy atom. The molecule has 1 heterocycles. The van der Waals surface area contributed by atoms with Crippen LogP contribution in [0, 0.1) is 6.92 Å². The van der Waals surface area contributed by atoms with Gasteiger partial charge in [-0.2, -0.15) is 0 Å². The van der Waals surface area contributed by atoms with E-state index in [-0.39, 0.29) is 0 Å². The molecule has 2 rings (SSSR count). The van der Waals surface area contributed by atoms with Gasteiger partial charge in [0.25, 0.3) is 0 Å². The summed E-state index contributed by atoms with van der Waals surface area (Å²) in [5.74, 6) is 1.71. The van der Waals surface area contributed by atoms with Gasteiger partial charge in [0.05, 0.1) is 6.26 Å². The van der Waals surface area contributed by atoms with Crippen LogP contribution in [0.15, 0.2) is 41.0 Å². The van der Waals surface area contributed by atoms with Gasteiger partial charge in [-0.3, -0.25) is 0 Å². The SMILES string of the molecule is Cc1ccc(OCc2cc(CNC(C)C)co2)cc1. The summed E-state index contributed by atoms with van der Waals surface area (Å²) in [5, 5.41) is 3.35. The molecule has 0 saturated carbocycles. The minimum Gasteiger partial charge on any atom is -0.486 e. The first-order chi connectivity index (χ1) is 9.13. The van der Waals surface area contributed by atoms with Gasteiger partial charge in [0.2, 0.25) is 0 Å². The van der Waals surface area contributed by atoms with E-state index < -0.39 is 0 Å². The number of furan rings is 1. The van der Waals surface area contributed by atoms with Crippen LogP contribution >= 0.6 is 0 Å². The predicted molar refractivity (Wildman–Crippen MR) is 76.2 cm³/mol. The van der Waals surface area contributed by atoms with Gasteiger partial charge in [-0.25, -0.2) is 0 Å². The summed E-state index contributed by atoms with van der Waals surface area (Å²) in [5.41, 5.74) is 2.38. The highest BCUT2D eigenvalue weighted by Crippen LogP contribution is 2.15. The first-order valence-corrected chi connectivity index (χ1v) is 6.62. The molecule has 3 heteroatoms. The molecule has 3 nitrogen and oxygen atoms in total. The van der Waals surface area contributed by atoms with Gasteiger partial charge < -0.3 is 14.5 Å². The standard InChI is InChI=1S/C16H21NO2/c1-12(2)17-9-14-8-16(18-10-14)11-19-15-6-4-13(3)5-7-15/h4-8,10,12,17H,9,11H2,1-3H3. The fourth-order valence-electron chi connectivity index (χ4n) is 1.71. The molecular formula is C16H21NO2. The van der Waals surface area contributed by atoms with E-state index in [1.54, 1.807) is 6.26 Å². The second-order valence-electron chi connectivity index (χ2n) is 5.06. The molecule has 0 amide bonds. The van der Waals surface area contributed by atoms with E-state index in [0.717, 1.165) is 23.6 Å². The molecule has 0 unspecified atom stereocenters. The Labute approximate surface area is 114 Å². The van der Waals surface area contributed by atoms with Crippen LogP contribution in [0.3, 0.4) is 0 Å². The Kier molecular flexibility index (Phi) is 4.63. The molecule has 0 saturated heterocycles. The van der Waals surface area contributed by atoms with Gasteiger partial charge >= 0.3 is 0 Å². The maximum absolute atomic E-state index is 5.67. The summed E-state index contributed by atoms with van der Waals surface area (Å²) >= 11 is 0. The summed E-state index contributed by atoms with van der Waals surface area (Å²) in [6, 6.07) is 10.5. The third-order valence-electron chi connectivity index (χ3n) is 2.82. The number of hydrogen-bond donors (Lipinski definition) is 1. The Bertz CT molecular complexity index is 500. The van der Waals surface area contributed by atoms with Gasteiger partial charge in [-0.1, -0.05) is 31.5 Å². The highest BCUT2D eigenvalue weighted by Gasteiger charge is 2.03. The van der Waals surface area contributed by atoms with Crippen molar-refractivity contribution >= 4 is 0 Å². The number of aryl methyl sites for hydroxylation is 1. The van der Waals surface area contributed by atoms with Crippen LogP contribution < -0.4 is 10.1 Å². The first kappa shape index (κ1) is 13.7. The van der Waals surface area contributed by atoms with Gasteiger partial charge in [0, 0.05) is 18.2 Å². The van der Waals surface area contributed by atoms with Gasteiger partial charge in [-0.15, -0.1) is 0 Å². The van der Waals surface area contributed by atoms with Crippen LogP contribution in [0.1, 0.15) is 30.7 Å². The maximum atomic E-state index is 5.67. The average Bonchev–Trinajstić information content (AvgIpc) is 2.84. The molecule has 0 radical (unpaired) electrons. The zero-order valence-electron chi connectivity index (χ0n) is 11.8. The highest BCUT2D eigenvalue weighted by molar-refractivity contribution is 5.26.